The Morgan fingerprint density at radius 2 is 1.69 bits per heavy atom. The van der Waals surface area contributed by atoms with Crippen molar-refractivity contribution >= 4 is 0 Å². The normalized spacial score (nSPS) is 22.9. The Balaban J connectivity index is 1.58. The van der Waals surface area contributed by atoms with Gasteiger partial charge < -0.3 is 14.2 Å². The average Bonchev–Trinajstić information content (AvgIpc) is 3.17. The van der Waals surface area contributed by atoms with Gasteiger partial charge in [-0.1, -0.05) is 12.1 Å². The summed E-state index contributed by atoms with van der Waals surface area (Å²) in [6, 6.07) is 7.85. The third-order valence-corrected chi connectivity index (χ3v) is 2.85. The Morgan fingerprint density at radius 3 is 2.25 bits per heavy atom. The van der Waals surface area contributed by atoms with Gasteiger partial charge in [0.05, 0.1) is 13.2 Å². The fourth-order valence-corrected chi connectivity index (χ4v) is 1.53. The Kier molecular flexibility index (Phi) is 2.70. The highest BCUT2D eigenvalue weighted by Gasteiger charge is 2.24. The van der Waals surface area contributed by atoms with Gasteiger partial charge in [-0.3, -0.25) is 0 Å². The molecule has 3 rings (SSSR count). The zero-order chi connectivity index (χ0) is 10.8. The molecule has 16 heavy (non-hydrogen) atoms. The minimum atomic E-state index is 0.288. The maximum Gasteiger partial charge on any atom is 0.161 e. The number of para-hydroxylation sites is 2. The summed E-state index contributed by atoms with van der Waals surface area (Å²) >= 11 is 0. The second-order valence-corrected chi connectivity index (χ2v) is 4.47. The van der Waals surface area contributed by atoms with Crippen molar-refractivity contribution in [3.05, 3.63) is 24.3 Å². The van der Waals surface area contributed by atoms with Crippen LogP contribution < -0.4 is 9.47 Å². The van der Waals surface area contributed by atoms with Crippen molar-refractivity contribution in [2.75, 3.05) is 19.8 Å². The van der Waals surface area contributed by atoms with Gasteiger partial charge in [0, 0.05) is 0 Å². The smallest absolute Gasteiger partial charge is 0.161 e. The van der Waals surface area contributed by atoms with Crippen LogP contribution >= 0.6 is 0 Å². The number of benzene rings is 1. The molecule has 0 aromatic heterocycles. The lowest BCUT2D eigenvalue weighted by Crippen LogP contribution is -2.06. The topological polar surface area (TPSA) is 31.0 Å². The molecule has 0 amide bonds. The molecule has 1 heterocycles. The van der Waals surface area contributed by atoms with E-state index in [0.717, 1.165) is 30.6 Å². The van der Waals surface area contributed by atoms with Crippen LogP contribution in [0.2, 0.25) is 0 Å². The fraction of sp³-hybridized carbons (Fsp3) is 0.538. The molecule has 0 radical (unpaired) electrons. The summed E-state index contributed by atoms with van der Waals surface area (Å²) in [7, 11) is 0. The van der Waals surface area contributed by atoms with Gasteiger partial charge in [0.1, 0.15) is 12.7 Å². The van der Waals surface area contributed by atoms with Crippen molar-refractivity contribution in [1.82, 2.24) is 0 Å². The lowest BCUT2D eigenvalue weighted by atomic mass is 10.3. The molecule has 1 aromatic carbocycles. The molecule has 1 aliphatic carbocycles. The molecule has 86 valence electrons. The molecule has 3 heteroatoms. The van der Waals surface area contributed by atoms with Crippen LogP contribution in [0.5, 0.6) is 11.5 Å². The van der Waals surface area contributed by atoms with Crippen LogP contribution in [0.15, 0.2) is 24.3 Å². The van der Waals surface area contributed by atoms with Crippen LogP contribution in [0.4, 0.5) is 0 Å². The molecule has 1 saturated heterocycles. The number of hydrogen-bond donors (Lipinski definition) is 0. The molecule has 1 aromatic rings. The van der Waals surface area contributed by atoms with E-state index in [1.807, 2.05) is 24.3 Å². The first-order valence-corrected chi connectivity index (χ1v) is 5.88. The SMILES string of the molecule is c1ccc(OC[C@@H]2CO2)c(OCC2CC2)c1. The first-order valence-electron chi connectivity index (χ1n) is 5.88. The number of epoxide rings is 1. The van der Waals surface area contributed by atoms with Crippen LogP contribution in [0.25, 0.3) is 0 Å². The van der Waals surface area contributed by atoms with Crippen molar-refractivity contribution in [3.63, 3.8) is 0 Å². The van der Waals surface area contributed by atoms with E-state index >= 15 is 0 Å². The van der Waals surface area contributed by atoms with Crippen LogP contribution in [0.3, 0.4) is 0 Å². The average molecular weight is 220 g/mol. The standard InChI is InChI=1S/C13H16O3/c1-2-4-13(16-9-11-8-14-11)12(3-1)15-7-10-5-6-10/h1-4,10-11H,5-9H2/t11-/m0/s1. The lowest BCUT2D eigenvalue weighted by Gasteiger charge is -2.11. The summed E-state index contributed by atoms with van der Waals surface area (Å²) in [5.74, 6) is 2.45. The van der Waals surface area contributed by atoms with Crippen LogP contribution in [-0.2, 0) is 4.74 Å². The molecule has 0 N–H and O–H groups in total. The van der Waals surface area contributed by atoms with E-state index in [1.54, 1.807) is 0 Å². The first-order chi connectivity index (χ1) is 7.92. The van der Waals surface area contributed by atoms with E-state index in [2.05, 4.69) is 0 Å². The van der Waals surface area contributed by atoms with E-state index in [9.17, 15) is 0 Å². The van der Waals surface area contributed by atoms with Gasteiger partial charge in [-0.25, -0.2) is 0 Å². The fourth-order valence-electron chi connectivity index (χ4n) is 1.53. The molecule has 1 atom stereocenters. The van der Waals surface area contributed by atoms with Crippen molar-refractivity contribution in [3.8, 4) is 11.5 Å². The van der Waals surface area contributed by atoms with Gasteiger partial charge in [-0.2, -0.15) is 0 Å². The van der Waals surface area contributed by atoms with Crippen molar-refractivity contribution in [2.24, 2.45) is 5.92 Å². The second-order valence-electron chi connectivity index (χ2n) is 4.47. The van der Waals surface area contributed by atoms with E-state index in [1.165, 1.54) is 12.8 Å². The first kappa shape index (κ1) is 9.97. The lowest BCUT2D eigenvalue weighted by molar-refractivity contribution is 0.237. The minimum Gasteiger partial charge on any atom is -0.489 e. The highest BCUT2D eigenvalue weighted by molar-refractivity contribution is 5.39. The largest absolute Gasteiger partial charge is 0.489 e. The molecule has 0 spiro atoms. The quantitative estimate of drug-likeness (QED) is 0.689. The molecule has 3 nitrogen and oxygen atoms in total. The van der Waals surface area contributed by atoms with E-state index in [0.29, 0.717) is 6.61 Å². The predicted octanol–water partition coefficient (Wildman–Crippen LogP) is 2.25. The van der Waals surface area contributed by atoms with E-state index in [-0.39, 0.29) is 6.10 Å². The summed E-state index contributed by atoms with van der Waals surface area (Å²) in [6.45, 7) is 2.27. The maximum atomic E-state index is 5.75. The Morgan fingerprint density at radius 1 is 1.06 bits per heavy atom. The summed E-state index contributed by atoms with van der Waals surface area (Å²) in [5.41, 5.74) is 0. The Bertz CT molecular complexity index is 321. The third-order valence-electron chi connectivity index (χ3n) is 2.85. The number of rotatable bonds is 6. The van der Waals surface area contributed by atoms with Gasteiger partial charge in [-0.05, 0) is 30.9 Å². The second kappa shape index (κ2) is 4.34. The predicted molar refractivity (Wildman–Crippen MR) is 59.9 cm³/mol. The molecule has 0 bridgehead atoms. The molecule has 1 aliphatic heterocycles. The highest BCUT2D eigenvalue weighted by Crippen LogP contribution is 2.32. The van der Waals surface area contributed by atoms with Crippen LogP contribution in [0.1, 0.15) is 12.8 Å². The van der Waals surface area contributed by atoms with Crippen LogP contribution in [-0.4, -0.2) is 25.9 Å². The van der Waals surface area contributed by atoms with Gasteiger partial charge >= 0.3 is 0 Å². The third kappa shape index (κ3) is 2.67. The van der Waals surface area contributed by atoms with Crippen molar-refractivity contribution in [2.45, 2.75) is 18.9 Å². The summed E-state index contributed by atoms with van der Waals surface area (Å²) in [4.78, 5) is 0. The van der Waals surface area contributed by atoms with Crippen molar-refractivity contribution < 1.29 is 14.2 Å². The number of ether oxygens (including phenoxy) is 3. The maximum absolute atomic E-state index is 5.75. The van der Waals surface area contributed by atoms with Gasteiger partial charge in [0.2, 0.25) is 0 Å². The van der Waals surface area contributed by atoms with Gasteiger partial charge in [-0.15, -0.1) is 0 Å². The molecular weight excluding hydrogens is 204 g/mol. The summed E-state index contributed by atoms with van der Waals surface area (Å²) < 4.78 is 16.5. The van der Waals surface area contributed by atoms with Gasteiger partial charge in [0.15, 0.2) is 11.5 Å². The Labute approximate surface area is 95.3 Å². The zero-order valence-corrected chi connectivity index (χ0v) is 9.22. The van der Waals surface area contributed by atoms with E-state index in [4.69, 9.17) is 14.2 Å². The molecule has 2 aliphatic rings. The molecular formula is C13H16O3. The molecule has 0 unspecified atom stereocenters. The number of hydrogen-bond acceptors (Lipinski definition) is 3. The summed E-state index contributed by atoms with van der Waals surface area (Å²) in [6.07, 6.45) is 2.90. The minimum absolute atomic E-state index is 0.288. The molecule has 1 saturated carbocycles. The highest BCUT2D eigenvalue weighted by atomic mass is 16.6. The summed E-state index contributed by atoms with van der Waals surface area (Å²) in [5, 5.41) is 0. The van der Waals surface area contributed by atoms with Crippen molar-refractivity contribution in [1.29, 1.82) is 0 Å². The Hall–Kier alpha value is -1.22. The van der Waals surface area contributed by atoms with E-state index < -0.39 is 0 Å². The van der Waals surface area contributed by atoms with Gasteiger partial charge in [0.25, 0.3) is 0 Å². The zero-order valence-electron chi connectivity index (χ0n) is 9.22. The monoisotopic (exact) mass is 220 g/mol. The van der Waals surface area contributed by atoms with Crippen LogP contribution in [0, 0.1) is 5.92 Å². The molecule has 2 fully saturated rings.